The first-order valence-corrected chi connectivity index (χ1v) is 8.91. The Hall–Kier alpha value is -2.13. The van der Waals surface area contributed by atoms with Crippen LogP contribution in [0, 0.1) is 0 Å². The van der Waals surface area contributed by atoms with Gasteiger partial charge in [0.2, 0.25) is 10.0 Å². The molecular formula is C15H22N2O6S. The molecule has 1 unspecified atom stereocenters. The Morgan fingerprint density at radius 3 is 2.54 bits per heavy atom. The summed E-state index contributed by atoms with van der Waals surface area (Å²) in [5, 5.41) is 7.77. The number of sulfonamides is 1. The molecule has 0 aliphatic rings. The van der Waals surface area contributed by atoms with E-state index in [1.54, 1.807) is 0 Å². The highest BCUT2D eigenvalue weighted by Crippen LogP contribution is 2.24. The number of ether oxygens (including phenoxy) is 2. The van der Waals surface area contributed by atoms with E-state index >= 15 is 0 Å². The smallest absolute Gasteiger partial charge is 0.338 e. The zero-order valence-corrected chi connectivity index (χ0v) is 14.7. The minimum absolute atomic E-state index is 0.0141. The zero-order valence-electron chi connectivity index (χ0n) is 13.9. The molecule has 134 valence electrons. The third kappa shape index (κ3) is 5.82. The Kier molecular flexibility index (Phi) is 7.18. The number of methoxy groups -OCH3 is 1. The molecule has 1 aromatic rings. The van der Waals surface area contributed by atoms with E-state index < -0.39 is 28.5 Å². The van der Waals surface area contributed by atoms with E-state index in [4.69, 9.17) is 14.6 Å². The molecule has 9 heteroatoms. The molecule has 0 heterocycles. The SMILES string of the molecule is CCCC(C)NC(=O)COC(=O)c1ccc(OC)c(S(N)(=O)=O)c1. The molecule has 0 aliphatic carbocycles. The van der Waals surface area contributed by atoms with Crippen LogP contribution in [0.2, 0.25) is 0 Å². The van der Waals surface area contributed by atoms with Crippen molar-refractivity contribution in [3.05, 3.63) is 23.8 Å². The van der Waals surface area contributed by atoms with E-state index in [1.807, 2.05) is 13.8 Å². The van der Waals surface area contributed by atoms with Crippen molar-refractivity contribution in [2.45, 2.75) is 37.6 Å². The van der Waals surface area contributed by atoms with Gasteiger partial charge in [-0.05, 0) is 31.5 Å². The Labute approximate surface area is 141 Å². The lowest BCUT2D eigenvalue weighted by atomic mass is 10.2. The number of primary sulfonamides is 1. The molecule has 8 nitrogen and oxygen atoms in total. The average molecular weight is 358 g/mol. The predicted molar refractivity (Wildman–Crippen MR) is 87.2 cm³/mol. The van der Waals surface area contributed by atoms with Crippen LogP contribution in [0.1, 0.15) is 37.0 Å². The van der Waals surface area contributed by atoms with Gasteiger partial charge in [0.25, 0.3) is 5.91 Å². The molecular weight excluding hydrogens is 336 g/mol. The van der Waals surface area contributed by atoms with Gasteiger partial charge in [0.1, 0.15) is 10.6 Å². The van der Waals surface area contributed by atoms with E-state index in [0.717, 1.165) is 18.9 Å². The fraction of sp³-hybridized carbons (Fsp3) is 0.467. The van der Waals surface area contributed by atoms with Crippen LogP contribution in [0.3, 0.4) is 0 Å². The van der Waals surface area contributed by atoms with Gasteiger partial charge in [-0.25, -0.2) is 18.4 Å². The van der Waals surface area contributed by atoms with Crippen LogP contribution >= 0.6 is 0 Å². The van der Waals surface area contributed by atoms with Gasteiger partial charge in [-0.15, -0.1) is 0 Å². The molecule has 0 saturated heterocycles. The summed E-state index contributed by atoms with van der Waals surface area (Å²) >= 11 is 0. The number of amides is 1. The Balaban J connectivity index is 2.77. The number of esters is 1. The Morgan fingerprint density at radius 2 is 2.00 bits per heavy atom. The molecule has 0 saturated carbocycles. The molecule has 1 rings (SSSR count). The highest BCUT2D eigenvalue weighted by Gasteiger charge is 2.19. The van der Waals surface area contributed by atoms with Crippen LogP contribution in [0.15, 0.2) is 23.1 Å². The van der Waals surface area contributed by atoms with Gasteiger partial charge in [0.15, 0.2) is 6.61 Å². The molecule has 3 N–H and O–H groups in total. The third-order valence-corrected chi connectivity index (χ3v) is 4.10. The van der Waals surface area contributed by atoms with Crippen LogP contribution in [-0.2, 0) is 19.6 Å². The highest BCUT2D eigenvalue weighted by atomic mass is 32.2. The van der Waals surface area contributed by atoms with Gasteiger partial charge in [0.05, 0.1) is 12.7 Å². The highest BCUT2D eigenvalue weighted by molar-refractivity contribution is 7.89. The number of carbonyl (C=O) groups excluding carboxylic acids is 2. The van der Waals surface area contributed by atoms with E-state index in [1.165, 1.54) is 19.2 Å². The van der Waals surface area contributed by atoms with Crippen LogP contribution in [0.5, 0.6) is 5.75 Å². The molecule has 0 spiro atoms. The van der Waals surface area contributed by atoms with Crippen LogP contribution in [0.25, 0.3) is 0 Å². The van der Waals surface area contributed by atoms with Crippen molar-refractivity contribution in [2.24, 2.45) is 5.14 Å². The molecule has 1 amide bonds. The first-order valence-electron chi connectivity index (χ1n) is 7.36. The minimum Gasteiger partial charge on any atom is -0.495 e. The van der Waals surface area contributed by atoms with Gasteiger partial charge >= 0.3 is 5.97 Å². The normalized spacial score (nSPS) is 12.3. The van der Waals surface area contributed by atoms with Crippen molar-refractivity contribution in [1.29, 1.82) is 0 Å². The second-order valence-corrected chi connectivity index (χ2v) is 6.77. The minimum atomic E-state index is -4.07. The van der Waals surface area contributed by atoms with E-state index in [-0.39, 0.29) is 22.3 Å². The second-order valence-electron chi connectivity index (χ2n) is 5.24. The first kappa shape index (κ1) is 19.9. The summed E-state index contributed by atoms with van der Waals surface area (Å²) < 4.78 is 32.8. The van der Waals surface area contributed by atoms with Crippen LogP contribution in [0.4, 0.5) is 0 Å². The van der Waals surface area contributed by atoms with Crippen molar-refractivity contribution in [1.82, 2.24) is 5.32 Å². The number of hydrogen-bond donors (Lipinski definition) is 2. The monoisotopic (exact) mass is 358 g/mol. The summed E-state index contributed by atoms with van der Waals surface area (Å²) in [6, 6.07) is 3.65. The van der Waals surface area contributed by atoms with Gasteiger partial charge in [-0.3, -0.25) is 4.79 Å². The van der Waals surface area contributed by atoms with E-state index in [2.05, 4.69) is 5.32 Å². The number of benzene rings is 1. The first-order chi connectivity index (χ1) is 11.2. The van der Waals surface area contributed by atoms with Crippen molar-refractivity contribution in [3.63, 3.8) is 0 Å². The molecule has 1 aromatic carbocycles. The molecule has 0 bridgehead atoms. The molecule has 0 fully saturated rings. The maximum Gasteiger partial charge on any atom is 0.338 e. The largest absolute Gasteiger partial charge is 0.495 e. The predicted octanol–water partition coefficient (Wildman–Crippen LogP) is 0.804. The molecule has 1 atom stereocenters. The maximum atomic E-state index is 12.0. The number of nitrogens with one attached hydrogen (secondary N) is 1. The molecule has 0 aliphatic heterocycles. The van der Waals surface area contributed by atoms with Gasteiger partial charge in [0, 0.05) is 6.04 Å². The quantitative estimate of drug-likeness (QED) is 0.662. The van der Waals surface area contributed by atoms with Gasteiger partial charge in [-0.1, -0.05) is 13.3 Å². The summed E-state index contributed by atoms with van der Waals surface area (Å²) in [5.41, 5.74) is -0.0470. The van der Waals surface area contributed by atoms with Crippen molar-refractivity contribution in [3.8, 4) is 5.75 Å². The van der Waals surface area contributed by atoms with E-state index in [0.29, 0.717) is 0 Å². The van der Waals surface area contributed by atoms with E-state index in [9.17, 15) is 18.0 Å². The molecule has 24 heavy (non-hydrogen) atoms. The fourth-order valence-corrected chi connectivity index (χ4v) is 2.79. The lowest BCUT2D eigenvalue weighted by Gasteiger charge is -2.13. The molecule has 0 aromatic heterocycles. The number of carbonyl (C=O) groups is 2. The van der Waals surface area contributed by atoms with Crippen molar-refractivity contribution >= 4 is 21.9 Å². The van der Waals surface area contributed by atoms with Crippen LogP contribution in [-0.4, -0.2) is 40.1 Å². The summed E-state index contributed by atoms with van der Waals surface area (Å²) in [7, 11) is -2.79. The number of nitrogens with two attached hydrogens (primary N) is 1. The number of rotatable bonds is 8. The molecule has 0 radical (unpaired) electrons. The van der Waals surface area contributed by atoms with Crippen molar-refractivity contribution < 1.29 is 27.5 Å². The zero-order chi connectivity index (χ0) is 18.3. The van der Waals surface area contributed by atoms with Crippen molar-refractivity contribution in [2.75, 3.05) is 13.7 Å². The standard InChI is InChI=1S/C15H22N2O6S/c1-4-5-10(2)17-14(18)9-23-15(19)11-6-7-12(22-3)13(8-11)24(16,20)21/h6-8,10H,4-5,9H2,1-3H3,(H,17,18)(H2,16,20,21). The summed E-state index contributed by atoms with van der Waals surface area (Å²) in [5.74, 6) is -1.24. The van der Waals surface area contributed by atoms with Gasteiger partial charge < -0.3 is 14.8 Å². The summed E-state index contributed by atoms with van der Waals surface area (Å²) in [4.78, 5) is 23.3. The Morgan fingerprint density at radius 1 is 1.33 bits per heavy atom. The summed E-state index contributed by atoms with van der Waals surface area (Å²) in [6.07, 6.45) is 1.74. The lowest BCUT2D eigenvalue weighted by molar-refractivity contribution is -0.124. The Bertz CT molecular complexity index is 702. The fourth-order valence-electron chi connectivity index (χ4n) is 2.06. The number of hydrogen-bond acceptors (Lipinski definition) is 6. The van der Waals surface area contributed by atoms with Crippen LogP contribution < -0.4 is 15.2 Å². The second kappa shape index (κ2) is 8.65. The lowest BCUT2D eigenvalue weighted by Crippen LogP contribution is -2.35. The topological polar surface area (TPSA) is 125 Å². The third-order valence-electron chi connectivity index (χ3n) is 3.17. The van der Waals surface area contributed by atoms with Gasteiger partial charge in [-0.2, -0.15) is 0 Å². The summed E-state index contributed by atoms with van der Waals surface area (Å²) in [6.45, 7) is 3.39. The maximum absolute atomic E-state index is 12.0. The average Bonchev–Trinajstić information content (AvgIpc) is 2.51.